The number of amides is 1. The molecular formula is C4H8NO2. The molecule has 0 saturated carbocycles. The average molecular weight is 102 g/mol. The van der Waals surface area contributed by atoms with E-state index in [0.717, 1.165) is 0 Å². The Morgan fingerprint density at radius 1 is 2.00 bits per heavy atom. The molecule has 0 aliphatic heterocycles. The first-order valence-corrected chi connectivity index (χ1v) is 1.97. The molecule has 7 heavy (non-hydrogen) atoms. The van der Waals surface area contributed by atoms with E-state index < -0.39 is 6.09 Å². The average Bonchev–Trinajstić information content (AvgIpc) is 1.61. The number of rotatable bonds is 2. The van der Waals surface area contributed by atoms with Crippen LogP contribution in [0.15, 0.2) is 0 Å². The summed E-state index contributed by atoms with van der Waals surface area (Å²) in [7, 11) is 0. The minimum absolute atomic E-state index is 0.301. The van der Waals surface area contributed by atoms with Crippen molar-refractivity contribution in [2.24, 2.45) is 5.73 Å². The Morgan fingerprint density at radius 3 is 2.71 bits per heavy atom. The maximum Gasteiger partial charge on any atom is 0.404 e. The summed E-state index contributed by atoms with van der Waals surface area (Å²) >= 11 is 0. The van der Waals surface area contributed by atoms with Crippen molar-refractivity contribution in [3.63, 3.8) is 0 Å². The molecular weight excluding hydrogens is 94.0 g/mol. The van der Waals surface area contributed by atoms with Crippen LogP contribution in [0.3, 0.4) is 0 Å². The molecule has 0 rings (SSSR count). The van der Waals surface area contributed by atoms with Gasteiger partial charge in [0.2, 0.25) is 0 Å². The fourth-order valence-electron chi connectivity index (χ4n) is 0.165. The molecule has 0 saturated heterocycles. The first-order chi connectivity index (χ1) is 3.27. The van der Waals surface area contributed by atoms with Crippen LogP contribution in [0.2, 0.25) is 0 Å². The van der Waals surface area contributed by atoms with E-state index in [1.54, 1.807) is 13.3 Å². The van der Waals surface area contributed by atoms with E-state index >= 15 is 0 Å². The number of hydrogen-bond donors (Lipinski definition) is 1. The molecule has 0 aromatic rings. The van der Waals surface area contributed by atoms with Gasteiger partial charge in [-0.1, -0.05) is 6.92 Å². The zero-order valence-corrected chi connectivity index (χ0v) is 4.18. The summed E-state index contributed by atoms with van der Waals surface area (Å²) in [5.74, 6) is 0. The molecule has 0 aromatic carbocycles. The minimum atomic E-state index is -0.724. The van der Waals surface area contributed by atoms with Gasteiger partial charge in [-0.2, -0.15) is 0 Å². The Bertz CT molecular complexity index is 62.7. The molecule has 0 heterocycles. The quantitative estimate of drug-likeness (QED) is 0.545. The lowest BCUT2D eigenvalue weighted by atomic mass is 10.5. The third kappa shape index (κ3) is 5.27. The van der Waals surface area contributed by atoms with Gasteiger partial charge in [-0.3, -0.25) is 0 Å². The van der Waals surface area contributed by atoms with Crippen molar-refractivity contribution in [1.29, 1.82) is 0 Å². The summed E-state index contributed by atoms with van der Waals surface area (Å²) in [5, 5.41) is 0. The minimum Gasteiger partial charge on any atom is -0.449 e. The SMILES string of the molecule is C[CH]COC(N)=O. The van der Waals surface area contributed by atoms with Gasteiger partial charge in [-0.25, -0.2) is 4.79 Å². The molecule has 41 valence electrons. The molecule has 3 nitrogen and oxygen atoms in total. The van der Waals surface area contributed by atoms with E-state index in [1.165, 1.54) is 0 Å². The molecule has 3 heteroatoms. The topological polar surface area (TPSA) is 52.3 Å². The highest BCUT2D eigenvalue weighted by Gasteiger charge is 1.86. The Balaban J connectivity index is 2.82. The van der Waals surface area contributed by atoms with E-state index in [4.69, 9.17) is 0 Å². The van der Waals surface area contributed by atoms with E-state index in [2.05, 4.69) is 10.5 Å². The number of nitrogens with two attached hydrogens (primary N) is 1. The second-order valence-corrected chi connectivity index (χ2v) is 1.04. The molecule has 0 unspecified atom stereocenters. The van der Waals surface area contributed by atoms with Gasteiger partial charge in [-0.15, -0.1) is 0 Å². The van der Waals surface area contributed by atoms with Crippen molar-refractivity contribution in [3.8, 4) is 0 Å². The molecule has 2 N–H and O–H groups in total. The fraction of sp³-hybridized carbons (Fsp3) is 0.500. The van der Waals surface area contributed by atoms with E-state index in [0.29, 0.717) is 6.61 Å². The first-order valence-electron chi connectivity index (χ1n) is 1.97. The van der Waals surface area contributed by atoms with Gasteiger partial charge in [0, 0.05) is 0 Å². The fourth-order valence-corrected chi connectivity index (χ4v) is 0.165. The molecule has 0 aliphatic carbocycles. The van der Waals surface area contributed by atoms with Crippen LogP contribution in [-0.4, -0.2) is 12.7 Å². The van der Waals surface area contributed by atoms with Gasteiger partial charge in [0.05, 0.1) is 6.61 Å². The molecule has 0 bridgehead atoms. The van der Waals surface area contributed by atoms with Crippen LogP contribution >= 0.6 is 0 Å². The zero-order chi connectivity index (χ0) is 5.70. The second kappa shape index (κ2) is 3.46. The summed E-state index contributed by atoms with van der Waals surface area (Å²) in [5.41, 5.74) is 4.60. The zero-order valence-electron chi connectivity index (χ0n) is 4.18. The predicted octanol–water partition coefficient (Wildman–Crippen LogP) is 0.306. The highest BCUT2D eigenvalue weighted by Crippen LogP contribution is 1.75. The third-order valence-electron chi connectivity index (χ3n) is 0.392. The lowest BCUT2D eigenvalue weighted by Gasteiger charge is -1.93. The van der Waals surface area contributed by atoms with Gasteiger partial charge in [0.25, 0.3) is 0 Å². The molecule has 1 amide bonds. The summed E-state index contributed by atoms with van der Waals surface area (Å²) < 4.78 is 4.27. The van der Waals surface area contributed by atoms with Gasteiger partial charge >= 0.3 is 6.09 Å². The van der Waals surface area contributed by atoms with Crippen molar-refractivity contribution < 1.29 is 9.53 Å². The molecule has 0 aliphatic rings. The molecule has 0 fully saturated rings. The predicted molar refractivity (Wildman–Crippen MR) is 25.5 cm³/mol. The highest BCUT2D eigenvalue weighted by molar-refractivity contribution is 5.64. The van der Waals surface area contributed by atoms with Crippen LogP contribution in [-0.2, 0) is 4.74 Å². The molecule has 0 spiro atoms. The number of primary amides is 1. The maximum atomic E-state index is 9.74. The Labute approximate surface area is 42.4 Å². The largest absolute Gasteiger partial charge is 0.449 e. The van der Waals surface area contributed by atoms with E-state index in [-0.39, 0.29) is 0 Å². The van der Waals surface area contributed by atoms with Gasteiger partial charge in [-0.05, 0) is 6.42 Å². The normalized spacial score (nSPS) is 8.14. The van der Waals surface area contributed by atoms with Crippen molar-refractivity contribution >= 4 is 6.09 Å². The molecule has 0 atom stereocenters. The maximum absolute atomic E-state index is 9.74. The van der Waals surface area contributed by atoms with Crippen LogP contribution in [0.4, 0.5) is 4.79 Å². The van der Waals surface area contributed by atoms with Crippen LogP contribution < -0.4 is 5.73 Å². The highest BCUT2D eigenvalue weighted by atomic mass is 16.5. The Hall–Kier alpha value is -0.730. The standard InChI is InChI=1S/C4H8NO2/c1-2-3-7-4(5)6/h2H,3H2,1H3,(H2,5,6). The number of hydrogen-bond acceptors (Lipinski definition) is 2. The first kappa shape index (κ1) is 6.27. The van der Waals surface area contributed by atoms with Gasteiger partial charge < -0.3 is 10.5 Å². The number of ether oxygens (including phenoxy) is 1. The summed E-state index contributed by atoms with van der Waals surface area (Å²) in [6, 6.07) is 0. The number of carbonyl (C=O) groups excluding carboxylic acids is 1. The van der Waals surface area contributed by atoms with Gasteiger partial charge in [0.15, 0.2) is 0 Å². The lowest BCUT2D eigenvalue weighted by Crippen LogP contribution is -2.13. The number of carbonyl (C=O) groups is 1. The smallest absolute Gasteiger partial charge is 0.404 e. The van der Waals surface area contributed by atoms with Crippen molar-refractivity contribution in [2.45, 2.75) is 6.92 Å². The van der Waals surface area contributed by atoms with Gasteiger partial charge in [0.1, 0.15) is 0 Å². The van der Waals surface area contributed by atoms with Crippen LogP contribution in [0, 0.1) is 6.42 Å². The Morgan fingerprint density at radius 2 is 2.57 bits per heavy atom. The van der Waals surface area contributed by atoms with E-state index in [9.17, 15) is 4.79 Å². The van der Waals surface area contributed by atoms with Crippen LogP contribution in [0.5, 0.6) is 0 Å². The third-order valence-corrected chi connectivity index (χ3v) is 0.392. The summed E-state index contributed by atoms with van der Waals surface area (Å²) in [6.45, 7) is 2.08. The van der Waals surface area contributed by atoms with Crippen molar-refractivity contribution in [3.05, 3.63) is 6.42 Å². The monoisotopic (exact) mass is 102 g/mol. The van der Waals surface area contributed by atoms with Crippen LogP contribution in [0.25, 0.3) is 0 Å². The van der Waals surface area contributed by atoms with E-state index in [1.807, 2.05) is 0 Å². The van der Waals surface area contributed by atoms with Crippen molar-refractivity contribution in [1.82, 2.24) is 0 Å². The second-order valence-electron chi connectivity index (χ2n) is 1.04. The van der Waals surface area contributed by atoms with Crippen molar-refractivity contribution in [2.75, 3.05) is 6.61 Å². The Kier molecular flexibility index (Phi) is 3.10. The lowest BCUT2D eigenvalue weighted by molar-refractivity contribution is 0.166. The van der Waals surface area contributed by atoms with Crippen LogP contribution in [0.1, 0.15) is 6.92 Å². The molecule has 0 aromatic heterocycles. The summed E-state index contributed by atoms with van der Waals surface area (Å²) in [6.07, 6.45) is 0.975. The molecule has 1 radical (unpaired) electrons. The summed E-state index contributed by atoms with van der Waals surface area (Å²) in [4.78, 5) is 9.74.